The lowest BCUT2D eigenvalue weighted by Gasteiger charge is -2.51. The molecule has 1 aromatic carbocycles. The quantitative estimate of drug-likeness (QED) is 0.675. The van der Waals surface area contributed by atoms with Crippen LogP contribution < -0.4 is 0 Å². The minimum atomic E-state index is -0.136. The van der Waals surface area contributed by atoms with Gasteiger partial charge in [-0.15, -0.1) is 0 Å². The maximum atomic E-state index is 13.7. The van der Waals surface area contributed by atoms with Gasteiger partial charge in [0.25, 0.3) is 0 Å². The van der Waals surface area contributed by atoms with Crippen molar-refractivity contribution < 1.29 is 9.53 Å². The Balaban J connectivity index is 1.41. The minimum absolute atomic E-state index is 0.00760. The van der Waals surface area contributed by atoms with E-state index in [0.717, 1.165) is 58.4 Å². The second-order valence-corrected chi connectivity index (χ2v) is 10.2. The zero-order chi connectivity index (χ0) is 22.9. The summed E-state index contributed by atoms with van der Waals surface area (Å²) in [6, 6.07) is 12.8. The van der Waals surface area contributed by atoms with Crippen molar-refractivity contribution in [3.05, 3.63) is 60.2 Å². The Kier molecular flexibility index (Phi) is 6.10. The lowest BCUT2D eigenvalue weighted by molar-refractivity contribution is 0.0195. The molecule has 5 rings (SSSR count). The molecule has 33 heavy (non-hydrogen) atoms. The van der Waals surface area contributed by atoms with Gasteiger partial charge in [-0.3, -0.25) is 4.90 Å². The van der Waals surface area contributed by atoms with Crippen molar-refractivity contribution in [1.82, 2.24) is 24.7 Å². The Morgan fingerprint density at radius 3 is 2.42 bits per heavy atom. The molecule has 2 saturated heterocycles. The van der Waals surface area contributed by atoms with E-state index in [9.17, 15) is 4.79 Å². The molecule has 1 aromatic heterocycles. The van der Waals surface area contributed by atoms with Gasteiger partial charge in [-0.1, -0.05) is 30.3 Å². The fourth-order valence-electron chi connectivity index (χ4n) is 6.14. The van der Waals surface area contributed by atoms with Crippen LogP contribution in [-0.4, -0.2) is 76.6 Å². The first-order chi connectivity index (χ1) is 16.0. The smallest absolute Gasteiger partial charge is 0.321 e. The predicted octanol–water partition coefficient (Wildman–Crippen LogP) is 3.52. The van der Waals surface area contributed by atoms with Crippen molar-refractivity contribution in [2.24, 2.45) is 5.92 Å². The molecule has 3 aliphatic rings. The summed E-state index contributed by atoms with van der Waals surface area (Å²) in [6.07, 6.45) is 8.58. The largest absolute Gasteiger partial charge is 0.381 e. The number of nitrogens with zero attached hydrogens (tertiary/aromatic N) is 5. The van der Waals surface area contributed by atoms with Gasteiger partial charge in [0.05, 0.1) is 18.7 Å². The summed E-state index contributed by atoms with van der Waals surface area (Å²) < 4.78 is 5.65. The van der Waals surface area contributed by atoms with Gasteiger partial charge in [-0.05, 0) is 57.8 Å². The van der Waals surface area contributed by atoms with Crippen molar-refractivity contribution in [1.29, 1.82) is 0 Å². The topological polar surface area (TPSA) is 61.8 Å². The molecule has 0 N–H and O–H groups in total. The normalized spacial score (nSPS) is 30.0. The number of benzene rings is 1. The fourth-order valence-corrected chi connectivity index (χ4v) is 6.14. The van der Waals surface area contributed by atoms with Crippen LogP contribution in [0, 0.1) is 5.92 Å². The zero-order valence-corrected chi connectivity index (χ0v) is 19.8. The van der Waals surface area contributed by atoms with E-state index < -0.39 is 0 Å². The van der Waals surface area contributed by atoms with Gasteiger partial charge in [-0.2, -0.15) is 0 Å². The molecule has 7 nitrogen and oxygen atoms in total. The zero-order valence-electron chi connectivity index (χ0n) is 19.8. The molecule has 1 unspecified atom stereocenters. The molecule has 2 amide bonds. The van der Waals surface area contributed by atoms with Crippen molar-refractivity contribution in [2.75, 3.05) is 40.4 Å². The highest BCUT2D eigenvalue weighted by molar-refractivity contribution is 5.78. The average Bonchev–Trinajstić information content (AvgIpc) is 3.44. The van der Waals surface area contributed by atoms with Crippen LogP contribution in [0.2, 0.25) is 0 Å². The standard InChI is InChI=1S/C26H35N5O2/c1-29(2)26(22-7-4-3-5-8-22)12-10-25(11-13-26)20-30(18-23-27-14-6-15-28-23)24(32)31(25)17-21-9-16-33-19-21/h3-8,14-15,21H,9-13,16-20H2,1-2H3. The molecule has 3 fully saturated rings. The highest BCUT2D eigenvalue weighted by Gasteiger charge is 2.54. The molecule has 2 aliphatic heterocycles. The van der Waals surface area contributed by atoms with Crippen LogP contribution in [0.4, 0.5) is 4.79 Å². The Hall–Kier alpha value is -2.51. The highest BCUT2D eigenvalue weighted by Crippen LogP contribution is 2.49. The van der Waals surface area contributed by atoms with Crippen LogP contribution in [0.15, 0.2) is 48.8 Å². The van der Waals surface area contributed by atoms with E-state index in [1.165, 1.54) is 5.56 Å². The third kappa shape index (κ3) is 4.13. The number of amides is 2. The molecule has 7 heteroatoms. The molecule has 1 spiro atoms. The van der Waals surface area contributed by atoms with E-state index >= 15 is 0 Å². The molecular formula is C26H35N5O2. The maximum Gasteiger partial charge on any atom is 0.321 e. The molecule has 176 valence electrons. The van der Waals surface area contributed by atoms with E-state index in [1.54, 1.807) is 12.4 Å². The molecule has 1 saturated carbocycles. The number of urea groups is 1. The first-order valence-corrected chi connectivity index (χ1v) is 12.2. The van der Waals surface area contributed by atoms with Gasteiger partial charge in [0.2, 0.25) is 0 Å². The third-order valence-corrected chi connectivity index (χ3v) is 8.15. The lowest BCUT2D eigenvalue weighted by atomic mass is 9.68. The Labute approximate surface area is 196 Å². The van der Waals surface area contributed by atoms with Gasteiger partial charge < -0.3 is 14.5 Å². The van der Waals surface area contributed by atoms with Gasteiger partial charge in [0.1, 0.15) is 5.82 Å². The van der Waals surface area contributed by atoms with Gasteiger partial charge >= 0.3 is 6.03 Å². The van der Waals surface area contributed by atoms with Crippen molar-refractivity contribution >= 4 is 6.03 Å². The number of hydrogen-bond acceptors (Lipinski definition) is 5. The van der Waals surface area contributed by atoms with E-state index in [0.29, 0.717) is 18.3 Å². The lowest BCUT2D eigenvalue weighted by Crippen LogP contribution is -2.56. The first-order valence-electron chi connectivity index (χ1n) is 12.2. The third-order valence-electron chi connectivity index (χ3n) is 8.15. The van der Waals surface area contributed by atoms with Crippen LogP contribution in [-0.2, 0) is 16.8 Å². The molecule has 0 bridgehead atoms. The Bertz CT molecular complexity index is 938. The molecule has 2 aromatic rings. The van der Waals surface area contributed by atoms with Crippen LogP contribution in [0.25, 0.3) is 0 Å². The second-order valence-electron chi connectivity index (χ2n) is 10.2. The summed E-state index contributed by atoms with van der Waals surface area (Å²) in [5, 5.41) is 0. The van der Waals surface area contributed by atoms with Crippen LogP contribution in [0.3, 0.4) is 0 Å². The number of rotatable bonds is 6. The van der Waals surface area contributed by atoms with Crippen molar-refractivity contribution in [2.45, 2.75) is 49.7 Å². The average molecular weight is 450 g/mol. The molecule has 1 atom stereocenters. The summed E-state index contributed by atoms with van der Waals surface area (Å²) in [5.41, 5.74) is 1.25. The van der Waals surface area contributed by atoms with Crippen molar-refractivity contribution in [3.8, 4) is 0 Å². The maximum absolute atomic E-state index is 13.7. The Morgan fingerprint density at radius 2 is 1.79 bits per heavy atom. The Morgan fingerprint density at radius 1 is 1.06 bits per heavy atom. The number of hydrogen-bond donors (Lipinski definition) is 0. The summed E-state index contributed by atoms with van der Waals surface area (Å²) in [6.45, 7) is 3.56. The summed E-state index contributed by atoms with van der Waals surface area (Å²) in [5.74, 6) is 1.13. The number of aromatic nitrogens is 2. The highest BCUT2D eigenvalue weighted by atomic mass is 16.5. The van der Waals surface area contributed by atoms with Crippen LogP contribution in [0.5, 0.6) is 0 Å². The summed E-state index contributed by atoms with van der Waals surface area (Å²) in [7, 11) is 4.38. The minimum Gasteiger partial charge on any atom is -0.381 e. The predicted molar refractivity (Wildman–Crippen MR) is 126 cm³/mol. The molecule has 3 heterocycles. The fraction of sp³-hybridized carbons (Fsp3) is 0.577. The van der Waals surface area contributed by atoms with E-state index in [4.69, 9.17) is 4.74 Å². The summed E-state index contributed by atoms with van der Waals surface area (Å²) >= 11 is 0. The molecule has 0 radical (unpaired) electrons. The first kappa shape index (κ1) is 22.3. The second kappa shape index (κ2) is 9.03. The monoisotopic (exact) mass is 449 g/mol. The van der Waals surface area contributed by atoms with Gasteiger partial charge in [-0.25, -0.2) is 14.8 Å². The van der Waals surface area contributed by atoms with E-state index in [-0.39, 0.29) is 17.1 Å². The van der Waals surface area contributed by atoms with E-state index in [1.807, 2.05) is 11.0 Å². The summed E-state index contributed by atoms with van der Waals surface area (Å²) in [4.78, 5) is 29.0. The van der Waals surface area contributed by atoms with Crippen molar-refractivity contribution in [3.63, 3.8) is 0 Å². The SMILES string of the molecule is CN(C)C1(c2ccccc2)CCC2(CC1)CN(Cc1ncccn1)C(=O)N2CC1CCOC1. The molecule has 1 aliphatic carbocycles. The number of ether oxygens (including phenoxy) is 1. The number of carbonyl (C=O) groups is 1. The van der Waals surface area contributed by atoms with Gasteiger partial charge in [0.15, 0.2) is 0 Å². The molecular weight excluding hydrogens is 414 g/mol. The van der Waals surface area contributed by atoms with E-state index in [2.05, 4.69) is 64.2 Å². The van der Waals surface area contributed by atoms with Crippen LogP contribution in [0.1, 0.15) is 43.5 Å². The van der Waals surface area contributed by atoms with Gasteiger partial charge in [0, 0.05) is 43.5 Å². The van der Waals surface area contributed by atoms with Crippen LogP contribution >= 0.6 is 0 Å². The number of carbonyl (C=O) groups excluding carboxylic acids is 1.